The molecule has 1 rings (SSSR count). The van der Waals surface area contributed by atoms with Gasteiger partial charge in [0.1, 0.15) is 5.82 Å². The second-order valence-electron chi connectivity index (χ2n) is 9.66. The molecule has 1 N–H and O–H groups in total. The third-order valence-electron chi connectivity index (χ3n) is 6.42. The van der Waals surface area contributed by atoms with Gasteiger partial charge in [0.25, 0.3) is 0 Å². The summed E-state index contributed by atoms with van der Waals surface area (Å²) in [6.45, 7) is 18.7. The van der Waals surface area contributed by atoms with E-state index in [1.807, 2.05) is 0 Å². The van der Waals surface area contributed by atoms with Crippen molar-refractivity contribution in [1.29, 1.82) is 0 Å². The number of rotatable bonds is 13. The number of aromatic nitrogens is 2. The van der Waals surface area contributed by atoms with Gasteiger partial charge in [0.2, 0.25) is 0 Å². The summed E-state index contributed by atoms with van der Waals surface area (Å²) < 4.78 is 0. The van der Waals surface area contributed by atoms with Crippen molar-refractivity contribution in [2.45, 2.75) is 130 Å². The molecular weight excluding hydrogens is 316 g/mol. The molecule has 0 saturated heterocycles. The van der Waals surface area contributed by atoms with Crippen LogP contribution in [0, 0.1) is 5.92 Å². The van der Waals surface area contributed by atoms with Crippen LogP contribution < -0.4 is 0 Å². The number of hydrogen-bond donors (Lipinski definition) is 1. The lowest BCUT2D eigenvalue weighted by Crippen LogP contribution is -2.23. The molecule has 1 aromatic heterocycles. The molecule has 0 atom stereocenters. The average Bonchev–Trinajstić information content (AvgIpc) is 3.03. The van der Waals surface area contributed by atoms with Gasteiger partial charge in [-0.3, -0.25) is 0 Å². The second kappa shape index (κ2) is 10.5. The van der Waals surface area contributed by atoms with Gasteiger partial charge >= 0.3 is 0 Å². The third-order valence-corrected chi connectivity index (χ3v) is 6.42. The highest BCUT2D eigenvalue weighted by atomic mass is 15.0. The minimum atomic E-state index is 0.166. The summed E-state index contributed by atoms with van der Waals surface area (Å²) in [4.78, 5) is 9.03. The van der Waals surface area contributed by atoms with Crippen molar-refractivity contribution < 1.29 is 0 Å². The predicted octanol–water partition coefficient (Wildman–Crippen LogP) is 7.71. The van der Waals surface area contributed by atoms with Gasteiger partial charge in [-0.2, -0.15) is 0 Å². The van der Waals surface area contributed by atoms with E-state index in [1.165, 1.54) is 62.2 Å². The lowest BCUT2D eigenvalue weighted by atomic mass is 9.81. The molecule has 1 heterocycles. The van der Waals surface area contributed by atoms with E-state index in [0.717, 1.165) is 25.2 Å². The highest BCUT2D eigenvalue weighted by Crippen LogP contribution is 2.36. The molecule has 0 unspecified atom stereocenters. The first kappa shape index (κ1) is 23.2. The SMILES string of the molecule is CCCCCC(C)(C)c1nc(C(C)(CC)CC)[nH]c1CCCCC(C)C. The van der Waals surface area contributed by atoms with Crippen molar-refractivity contribution in [2.24, 2.45) is 5.92 Å². The summed E-state index contributed by atoms with van der Waals surface area (Å²) in [5.74, 6) is 2.03. The fourth-order valence-electron chi connectivity index (χ4n) is 3.81. The molecule has 0 aliphatic heterocycles. The maximum Gasteiger partial charge on any atom is 0.112 e. The summed E-state index contributed by atoms with van der Waals surface area (Å²) in [7, 11) is 0. The van der Waals surface area contributed by atoms with E-state index in [-0.39, 0.29) is 10.8 Å². The number of nitrogens with one attached hydrogen (secondary N) is 1. The Morgan fingerprint density at radius 1 is 0.923 bits per heavy atom. The van der Waals surface area contributed by atoms with Crippen LogP contribution in [0.5, 0.6) is 0 Å². The van der Waals surface area contributed by atoms with Gasteiger partial charge in [0.15, 0.2) is 0 Å². The fourth-order valence-corrected chi connectivity index (χ4v) is 3.81. The number of unbranched alkanes of at least 4 members (excludes halogenated alkanes) is 3. The molecule has 2 heteroatoms. The van der Waals surface area contributed by atoms with E-state index in [9.17, 15) is 0 Å². The monoisotopic (exact) mass is 362 g/mol. The molecular formula is C24H46N2. The first-order valence-corrected chi connectivity index (χ1v) is 11.3. The Labute approximate surface area is 164 Å². The van der Waals surface area contributed by atoms with Gasteiger partial charge in [-0.15, -0.1) is 0 Å². The van der Waals surface area contributed by atoms with Crippen molar-refractivity contribution >= 4 is 0 Å². The van der Waals surface area contributed by atoms with Crippen molar-refractivity contribution in [2.75, 3.05) is 0 Å². The first-order valence-electron chi connectivity index (χ1n) is 11.3. The van der Waals surface area contributed by atoms with Gasteiger partial charge in [-0.05, 0) is 38.0 Å². The molecule has 0 aliphatic carbocycles. The van der Waals surface area contributed by atoms with E-state index in [2.05, 4.69) is 60.4 Å². The molecule has 2 nitrogen and oxygen atoms in total. The van der Waals surface area contributed by atoms with Crippen LogP contribution in [-0.2, 0) is 17.3 Å². The topological polar surface area (TPSA) is 28.7 Å². The standard InChI is InChI=1S/C24H46N2/c1-9-12-15-18-23(6,7)21-20(17-14-13-16-19(4)5)25-22(26-21)24(8,10-2)11-3/h19H,9-18H2,1-8H3,(H,25,26). The van der Waals surface area contributed by atoms with Crippen molar-refractivity contribution in [3.63, 3.8) is 0 Å². The highest BCUT2D eigenvalue weighted by molar-refractivity contribution is 5.26. The van der Waals surface area contributed by atoms with Crippen LogP contribution in [0.4, 0.5) is 0 Å². The minimum absolute atomic E-state index is 0.166. The molecule has 0 aliphatic rings. The van der Waals surface area contributed by atoms with Crippen molar-refractivity contribution in [3.05, 3.63) is 17.2 Å². The Morgan fingerprint density at radius 2 is 1.58 bits per heavy atom. The number of H-pyrrole nitrogens is 1. The molecule has 0 fully saturated rings. The summed E-state index contributed by atoms with van der Waals surface area (Å²) in [5.41, 5.74) is 3.10. The minimum Gasteiger partial charge on any atom is -0.345 e. The van der Waals surface area contributed by atoms with Crippen LogP contribution in [0.15, 0.2) is 0 Å². The summed E-state index contributed by atoms with van der Waals surface area (Å²) in [6.07, 6.45) is 12.5. The lowest BCUT2D eigenvalue weighted by Gasteiger charge is -2.25. The van der Waals surface area contributed by atoms with Crippen molar-refractivity contribution in [1.82, 2.24) is 9.97 Å². The van der Waals surface area contributed by atoms with Crippen LogP contribution >= 0.6 is 0 Å². The lowest BCUT2D eigenvalue weighted by molar-refractivity contribution is 0.407. The number of aromatic amines is 1. The largest absolute Gasteiger partial charge is 0.345 e. The number of hydrogen-bond acceptors (Lipinski definition) is 1. The van der Waals surface area contributed by atoms with Gasteiger partial charge in [0.05, 0.1) is 5.69 Å². The molecule has 0 aromatic carbocycles. The Kier molecular flexibility index (Phi) is 9.41. The van der Waals surface area contributed by atoms with Gasteiger partial charge in [-0.25, -0.2) is 4.98 Å². The first-order chi connectivity index (χ1) is 12.2. The van der Waals surface area contributed by atoms with Gasteiger partial charge < -0.3 is 4.98 Å². The summed E-state index contributed by atoms with van der Waals surface area (Å²) in [5, 5.41) is 0. The summed E-state index contributed by atoms with van der Waals surface area (Å²) in [6, 6.07) is 0. The van der Waals surface area contributed by atoms with E-state index >= 15 is 0 Å². The quantitative estimate of drug-likeness (QED) is 0.357. The predicted molar refractivity (Wildman–Crippen MR) is 116 cm³/mol. The van der Waals surface area contributed by atoms with Crippen LogP contribution in [-0.4, -0.2) is 9.97 Å². The van der Waals surface area contributed by atoms with E-state index < -0.39 is 0 Å². The number of aryl methyl sites for hydroxylation is 1. The molecule has 0 amide bonds. The smallest absolute Gasteiger partial charge is 0.112 e. The van der Waals surface area contributed by atoms with E-state index in [0.29, 0.717) is 0 Å². The molecule has 1 aromatic rings. The molecule has 26 heavy (non-hydrogen) atoms. The van der Waals surface area contributed by atoms with Crippen LogP contribution in [0.3, 0.4) is 0 Å². The number of imidazole rings is 1. The molecule has 0 spiro atoms. The third kappa shape index (κ3) is 6.43. The van der Waals surface area contributed by atoms with Crippen LogP contribution in [0.2, 0.25) is 0 Å². The Bertz CT molecular complexity index is 506. The fraction of sp³-hybridized carbons (Fsp3) is 0.875. The highest BCUT2D eigenvalue weighted by Gasteiger charge is 2.32. The molecule has 152 valence electrons. The van der Waals surface area contributed by atoms with E-state index in [1.54, 1.807) is 0 Å². The zero-order valence-electron chi connectivity index (χ0n) is 19.1. The second-order valence-corrected chi connectivity index (χ2v) is 9.66. The Hall–Kier alpha value is -0.790. The van der Waals surface area contributed by atoms with Crippen LogP contribution in [0.1, 0.15) is 130 Å². The van der Waals surface area contributed by atoms with Crippen LogP contribution in [0.25, 0.3) is 0 Å². The van der Waals surface area contributed by atoms with Crippen molar-refractivity contribution in [3.8, 4) is 0 Å². The van der Waals surface area contributed by atoms with Gasteiger partial charge in [-0.1, -0.05) is 87.5 Å². The van der Waals surface area contributed by atoms with Gasteiger partial charge in [0, 0.05) is 16.5 Å². The zero-order valence-corrected chi connectivity index (χ0v) is 19.1. The Morgan fingerprint density at radius 3 is 2.12 bits per heavy atom. The van der Waals surface area contributed by atoms with E-state index in [4.69, 9.17) is 4.98 Å². The maximum atomic E-state index is 5.23. The average molecular weight is 363 g/mol. The molecule has 0 bridgehead atoms. The number of nitrogens with zero attached hydrogens (tertiary/aromatic N) is 1. The Balaban J connectivity index is 3.05. The molecule has 0 saturated carbocycles. The molecule has 0 radical (unpaired) electrons. The zero-order chi connectivity index (χ0) is 19.8. The maximum absolute atomic E-state index is 5.23. The normalized spacial score (nSPS) is 13.0. The summed E-state index contributed by atoms with van der Waals surface area (Å²) >= 11 is 0.